The van der Waals surface area contributed by atoms with Crippen molar-refractivity contribution in [2.24, 2.45) is 5.73 Å². The Balaban J connectivity index is 0.000000212. The first-order valence-electron chi connectivity index (χ1n) is 10.6. The molecule has 0 saturated heterocycles. The molecule has 7 N–H and O–H groups in total. The number of urea groups is 1. The van der Waals surface area contributed by atoms with Gasteiger partial charge in [0.15, 0.2) is 5.82 Å². The molecular weight excluding hydrogens is 460 g/mol. The highest BCUT2D eigenvalue weighted by atomic mass is 35.5. The van der Waals surface area contributed by atoms with Gasteiger partial charge in [-0.1, -0.05) is 30.7 Å². The van der Waals surface area contributed by atoms with Crippen LogP contribution in [0, 0.1) is 0 Å². The number of nitrogens with one attached hydrogen (secondary N) is 3. The molecule has 0 spiro atoms. The molecule has 3 aromatic rings. The second kappa shape index (κ2) is 10.8. The first-order chi connectivity index (χ1) is 16.3. The zero-order valence-electron chi connectivity index (χ0n) is 18.9. The number of hydrogen-bond acceptors (Lipinski definition) is 6. The third-order valence-corrected chi connectivity index (χ3v) is 5.52. The van der Waals surface area contributed by atoms with Gasteiger partial charge in [0.2, 0.25) is 0 Å². The molecule has 3 amide bonds. The van der Waals surface area contributed by atoms with Crippen LogP contribution in [-0.4, -0.2) is 46.4 Å². The number of rotatable bonds is 5. The standard InChI is InChI=1S/C15H18ClN3O2.C7H9N5O/c1-3-11-9-10-5-4-6-12(16)13(10)14(20)19(11)8-7-18-15(21)17-2;8-5-4(6(9)13)7-10-2-1-3-12(7)11-5/h4-6,9H,3,7-8H2,1-2H3,(H2,17,18,21);1,3,10H,2H2,(H2,8,11)(H2,9,13). The lowest BCUT2D eigenvalue weighted by Gasteiger charge is -2.14. The molecule has 12 heteroatoms. The van der Waals surface area contributed by atoms with E-state index in [0.29, 0.717) is 35.9 Å². The largest absolute Gasteiger partial charge is 0.381 e. The zero-order chi connectivity index (χ0) is 24.8. The van der Waals surface area contributed by atoms with Gasteiger partial charge in [0.05, 0.1) is 10.4 Å². The third kappa shape index (κ3) is 5.15. The number of aromatic nitrogens is 3. The van der Waals surface area contributed by atoms with Crippen LogP contribution in [0.3, 0.4) is 0 Å². The topological polar surface area (TPSA) is 162 Å². The highest BCUT2D eigenvalue weighted by Crippen LogP contribution is 2.23. The van der Waals surface area contributed by atoms with Crippen LogP contribution in [0.5, 0.6) is 0 Å². The number of aryl methyl sites for hydroxylation is 1. The number of nitrogen functional groups attached to an aromatic ring is 1. The Morgan fingerprint density at radius 3 is 2.76 bits per heavy atom. The Bertz CT molecular complexity index is 1310. The number of pyridine rings is 1. The van der Waals surface area contributed by atoms with Crippen molar-refractivity contribution < 1.29 is 9.59 Å². The number of carbonyl (C=O) groups excluding carboxylic acids is 2. The van der Waals surface area contributed by atoms with E-state index in [9.17, 15) is 14.4 Å². The van der Waals surface area contributed by atoms with Crippen LogP contribution < -0.4 is 33.0 Å². The number of carbonyl (C=O) groups is 2. The molecular formula is C22H27ClN8O3. The Hall–Kier alpha value is -3.99. The summed E-state index contributed by atoms with van der Waals surface area (Å²) in [7, 11) is 1.55. The van der Waals surface area contributed by atoms with Gasteiger partial charge in [0.1, 0.15) is 11.4 Å². The summed E-state index contributed by atoms with van der Waals surface area (Å²) in [6, 6.07) is 7.14. The fourth-order valence-electron chi connectivity index (χ4n) is 3.60. The molecule has 0 saturated carbocycles. The van der Waals surface area contributed by atoms with Crippen LogP contribution >= 0.6 is 11.6 Å². The number of primary amides is 1. The summed E-state index contributed by atoms with van der Waals surface area (Å²) in [6.07, 6.45) is 4.33. The molecule has 34 heavy (non-hydrogen) atoms. The average molecular weight is 487 g/mol. The quantitative estimate of drug-likeness (QED) is 0.368. The van der Waals surface area contributed by atoms with Crippen molar-refractivity contribution in [1.29, 1.82) is 0 Å². The fraction of sp³-hybridized carbons (Fsp3) is 0.273. The summed E-state index contributed by atoms with van der Waals surface area (Å²) in [5, 5.41) is 13.9. The number of anilines is 2. The van der Waals surface area contributed by atoms with Crippen LogP contribution in [-0.2, 0) is 13.0 Å². The Kier molecular flexibility index (Phi) is 7.79. The van der Waals surface area contributed by atoms with Crippen molar-refractivity contribution in [2.75, 3.05) is 31.2 Å². The van der Waals surface area contributed by atoms with Crippen molar-refractivity contribution in [3.8, 4) is 0 Å². The van der Waals surface area contributed by atoms with E-state index in [2.05, 4.69) is 21.0 Å². The van der Waals surface area contributed by atoms with Gasteiger partial charge in [0.25, 0.3) is 11.5 Å². The number of nitrogens with two attached hydrogens (primary N) is 2. The van der Waals surface area contributed by atoms with Gasteiger partial charge >= 0.3 is 6.03 Å². The predicted molar refractivity (Wildman–Crippen MR) is 134 cm³/mol. The summed E-state index contributed by atoms with van der Waals surface area (Å²) < 4.78 is 3.17. The van der Waals surface area contributed by atoms with Crippen LogP contribution in [0.2, 0.25) is 5.02 Å². The number of halogens is 1. The van der Waals surface area contributed by atoms with E-state index < -0.39 is 5.91 Å². The molecule has 4 rings (SSSR count). The second-order valence-corrected chi connectivity index (χ2v) is 7.75. The van der Waals surface area contributed by atoms with Gasteiger partial charge in [-0.2, -0.15) is 0 Å². The predicted octanol–water partition coefficient (Wildman–Crippen LogP) is 1.61. The Labute approximate surface area is 200 Å². The highest BCUT2D eigenvalue weighted by molar-refractivity contribution is 6.35. The van der Waals surface area contributed by atoms with E-state index in [1.165, 1.54) is 4.68 Å². The number of hydrogen-bond donors (Lipinski definition) is 5. The lowest BCUT2D eigenvalue weighted by atomic mass is 10.1. The van der Waals surface area contributed by atoms with Crippen molar-refractivity contribution in [3.05, 3.63) is 57.0 Å². The summed E-state index contributed by atoms with van der Waals surface area (Å²) in [5.74, 6) is 0.149. The van der Waals surface area contributed by atoms with E-state index in [4.69, 9.17) is 23.1 Å². The summed E-state index contributed by atoms with van der Waals surface area (Å²) in [5.41, 5.74) is 11.7. The molecule has 11 nitrogen and oxygen atoms in total. The normalized spacial score (nSPS) is 11.7. The third-order valence-electron chi connectivity index (χ3n) is 5.20. The molecule has 0 radical (unpaired) electrons. The van der Waals surface area contributed by atoms with E-state index in [1.54, 1.807) is 23.9 Å². The maximum atomic E-state index is 12.6. The van der Waals surface area contributed by atoms with Crippen molar-refractivity contribution in [1.82, 2.24) is 25.0 Å². The van der Waals surface area contributed by atoms with Crippen molar-refractivity contribution >= 4 is 52.1 Å². The van der Waals surface area contributed by atoms with Crippen molar-refractivity contribution in [3.63, 3.8) is 0 Å². The van der Waals surface area contributed by atoms with E-state index in [-0.39, 0.29) is 23.0 Å². The van der Waals surface area contributed by atoms with Crippen LogP contribution in [0.25, 0.3) is 17.0 Å². The number of amides is 3. The molecule has 1 aliphatic heterocycles. The Morgan fingerprint density at radius 1 is 1.32 bits per heavy atom. The van der Waals surface area contributed by atoms with E-state index in [1.807, 2.05) is 31.2 Å². The van der Waals surface area contributed by atoms with Crippen molar-refractivity contribution in [2.45, 2.75) is 19.9 Å². The Morgan fingerprint density at radius 2 is 2.09 bits per heavy atom. The number of fused-ring (bicyclic) bond motifs is 2. The SMILES string of the molecule is CCc1cc2cccc(Cl)c2c(=O)n1CCNC(=O)NC.NC(=O)c1c(N)nn2c1NCC=C2. The van der Waals surface area contributed by atoms with Crippen LogP contribution in [0.4, 0.5) is 16.4 Å². The van der Waals surface area contributed by atoms with Gasteiger partial charge in [0, 0.05) is 38.6 Å². The van der Waals surface area contributed by atoms with Gasteiger partial charge in [-0.3, -0.25) is 9.59 Å². The molecule has 1 aromatic carbocycles. The fourth-order valence-corrected chi connectivity index (χ4v) is 3.86. The minimum atomic E-state index is -0.568. The van der Waals surface area contributed by atoms with Gasteiger partial charge in [-0.15, -0.1) is 5.10 Å². The minimum absolute atomic E-state index is 0.117. The van der Waals surface area contributed by atoms with Gasteiger partial charge in [-0.05, 0) is 30.0 Å². The number of nitrogens with zero attached hydrogens (tertiary/aromatic N) is 3. The second-order valence-electron chi connectivity index (χ2n) is 7.34. The number of benzene rings is 1. The average Bonchev–Trinajstić information content (AvgIpc) is 3.16. The summed E-state index contributed by atoms with van der Waals surface area (Å²) >= 11 is 6.14. The molecule has 1 aliphatic rings. The molecule has 0 atom stereocenters. The highest BCUT2D eigenvalue weighted by Gasteiger charge is 2.20. The van der Waals surface area contributed by atoms with Gasteiger partial charge in [-0.25, -0.2) is 9.48 Å². The molecule has 180 valence electrons. The van der Waals surface area contributed by atoms with E-state index in [0.717, 1.165) is 17.5 Å². The lowest BCUT2D eigenvalue weighted by molar-refractivity contribution is 0.100. The first-order valence-corrected chi connectivity index (χ1v) is 11.0. The molecule has 3 heterocycles. The smallest absolute Gasteiger partial charge is 0.314 e. The maximum absolute atomic E-state index is 12.6. The molecule has 0 fully saturated rings. The van der Waals surface area contributed by atoms with Crippen LogP contribution in [0.1, 0.15) is 23.0 Å². The molecule has 0 aliphatic carbocycles. The zero-order valence-corrected chi connectivity index (χ0v) is 19.6. The summed E-state index contributed by atoms with van der Waals surface area (Å²) in [4.78, 5) is 34.8. The van der Waals surface area contributed by atoms with Gasteiger partial charge < -0.3 is 32.0 Å². The van der Waals surface area contributed by atoms with E-state index >= 15 is 0 Å². The molecule has 2 aromatic heterocycles. The first kappa shape index (κ1) is 24.6. The maximum Gasteiger partial charge on any atom is 0.314 e. The lowest BCUT2D eigenvalue weighted by Crippen LogP contribution is -2.37. The molecule has 0 unspecified atom stereocenters. The minimum Gasteiger partial charge on any atom is -0.381 e. The summed E-state index contributed by atoms with van der Waals surface area (Å²) in [6.45, 7) is 3.43. The van der Waals surface area contributed by atoms with Crippen LogP contribution in [0.15, 0.2) is 35.1 Å². The monoisotopic (exact) mass is 486 g/mol. The molecule has 0 bridgehead atoms.